The van der Waals surface area contributed by atoms with Gasteiger partial charge in [0, 0.05) is 25.1 Å². The minimum absolute atomic E-state index is 0.414. The van der Waals surface area contributed by atoms with Gasteiger partial charge in [-0.2, -0.15) is 22.0 Å². The van der Waals surface area contributed by atoms with Crippen LogP contribution in [-0.2, 0) is 0 Å². The summed E-state index contributed by atoms with van der Waals surface area (Å²) in [7, 11) is 0. The van der Waals surface area contributed by atoms with Crippen LogP contribution in [0.25, 0.3) is 0 Å². The lowest BCUT2D eigenvalue weighted by molar-refractivity contribution is -0.254. The Morgan fingerprint density at radius 1 is 0.889 bits per heavy atom. The van der Waals surface area contributed by atoms with E-state index in [1.165, 1.54) is 4.90 Å². The van der Waals surface area contributed by atoms with Crippen molar-refractivity contribution in [2.24, 2.45) is 0 Å². The summed E-state index contributed by atoms with van der Waals surface area (Å²) >= 11 is 0. The quantitative estimate of drug-likeness (QED) is 0.400. The Morgan fingerprint density at radius 3 is 1.67 bits per heavy atom. The maximum absolute atomic E-state index is 12.6. The fraction of sp³-hybridized carbons (Fsp3) is 0.833. The zero-order valence-corrected chi connectivity index (χ0v) is 10.6. The molecule has 0 rings (SSSR count). The fourth-order valence-corrected chi connectivity index (χ4v) is 1.14. The average molecular weight is 271 g/mol. The second kappa shape index (κ2) is 7.45. The van der Waals surface area contributed by atoms with Crippen LogP contribution >= 0.6 is 0 Å². The van der Waals surface area contributed by atoms with Gasteiger partial charge in [-0.25, -0.2) is 0 Å². The lowest BCUT2D eigenvalue weighted by Crippen LogP contribution is -2.35. The fourth-order valence-electron chi connectivity index (χ4n) is 1.14. The smallest absolute Gasteiger partial charge is 0.332 e. The van der Waals surface area contributed by atoms with Gasteiger partial charge < -0.3 is 4.90 Å². The van der Waals surface area contributed by atoms with E-state index in [9.17, 15) is 22.0 Å². The first-order valence-corrected chi connectivity index (χ1v) is 5.97. The molecule has 0 radical (unpaired) electrons. The van der Waals surface area contributed by atoms with Crippen LogP contribution in [0.3, 0.4) is 0 Å². The van der Waals surface area contributed by atoms with Gasteiger partial charge in [-0.3, -0.25) is 0 Å². The second-order valence-electron chi connectivity index (χ2n) is 4.00. The van der Waals surface area contributed by atoms with Crippen molar-refractivity contribution in [1.82, 2.24) is 4.90 Å². The number of unbranched alkanes of at least 4 members (excludes halogenated alkanes) is 2. The van der Waals surface area contributed by atoms with Crippen LogP contribution in [-0.4, -0.2) is 30.1 Å². The number of alkyl halides is 5. The summed E-state index contributed by atoms with van der Waals surface area (Å²) in [5, 5.41) is 0. The van der Waals surface area contributed by atoms with Gasteiger partial charge in [0.25, 0.3) is 0 Å². The Kier molecular flexibility index (Phi) is 7.04. The van der Waals surface area contributed by atoms with E-state index >= 15 is 0 Å². The molecule has 0 aliphatic rings. The minimum Gasteiger partial charge on any atom is -0.332 e. The molecule has 0 aromatic carbocycles. The van der Waals surface area contributed by atoms with Crippen molar-refractivity contribution in [3.8, 4) is 12.0 Å². The van der Waals surface area contributed by atoms with E-state index in [4.69, 9.17) is 0 Å². The zero-order valence-electron chi connectivity index (χ0n) is 10.6. The van der Waals surface area contributed by atoms with E-state index in [2.05, 4.69) is 0 Å². The predicted octanol–water partition coefficient (Wildman–Crippen LogP) is 4.05. The Labute approximate surface area is 104 Å². The maximum atomic E-state index is 12.6. The van der Waals surface area contributed by atoms with Gasteiger partial charge in [0.05, 0.1) is 0 Å². The first kappa shape index (κ1) is 17.0. The molecule has 0 spiro atoms. The molecule has 106 valence electrons. The lowest BCUT2D eigenvalue weighted by Gasteiger charge is -2.18. The molecular formula is C12H18F5N. The van der Waals surface area contributed by atoms with E-state index in [1.54, 1.807) is 0 Å². The number of hydrogen-bond acceptors (Lipinski definition) is 1. The number of nitrogens with zero attached hydrogens (tertiary/aromatic N) is 1. The highest BCUT2D eigenvalue weighted by Crippen LogP contribution is 2.34. The second-order valence-corrected chi connectivity index (χ2v) is 4.00. The molecule has 0 fully saturated rings. The Hall–Kier alpha value is -0.990. The van der Waals surface area contributed by atoms with Crippen LogP contribution < -0.4 is 0 Å². The SMILES string of the molecule is CCCCN(C#CC(F)(F)C(F)(F)F)CCCC. The summed E-state index contributed by atoms with van der Waals surface area (Å²) in [6, 6.07) is 1.95. The molecule has 0 unspecified atom stereocenters. The molecule has 0 aliphatic heterocycles. The molecule has 0 amide bonds. The van der Waals surface area contributed by atoms with Gasteiger partial charge in [-0.1, -0.05) is 26.7 Å². The van der Waals surface area contributed by atoms with E-state index in [-0.39, 0.29) is 0 Å². The van der Waals surface area contributed by atoms with Gasteiger partial charge in [0.15, 0.2) is 0 Å². The minimum atomic E-state index is -5.61. The number of rotatable bonds is 6. The first-order valence-electron chi connectivity index (χ1n) is 5.97. The number of hydrogen-bond donors (Lipinski definition) is 0. The van der Waals surface area contributed by atoms with E-state index in [1.807, 2.05) is 19.9 Å². The third kappa shape index (κ3) is 6.08. The highest BCUT2D eigenvalue weighted by atomic mass is 19.4. The molecule has 0 atom stereocenters. The van der Waals surface area contributed by atoms with E-state index < -0.39 is 12.1 Å². The summed E-state index contributed by atoms with van der Waals surface area (Å²) in [6.45, 7) is 4.65. The molecule has 0 aliphatic carbocycles. The Bertz CT molecular complexity index is 279. The van der Waals surface area contributed by atoms with Crippen LogP contribution in [0.1, 0.15) is 39.5 Å². The Balaban J connectivity index is 4.65. The molecule has 0 saturated carbocycles. The van der Waals surface area contributed by atoms with Crippen molar-refractivity contribution >= 4 is 0 Å². The largest absolute Gasteiger partial charge is 0.466 e. The zero-order chi connectivity index (χ0) is 14.2. The Morgan fingerprint density at radius 2 is 1.33 bits per heavy atom. The molecule has 6 heteroatoms. The molecule has 0 N–H and O–H groups in total. The summed E-state index contributed by atoms with van der Waals surface area (Å²) < 4.78 is 61.0. The number of halogens is 5. The van der Waals surface area contributed by atoms with Crippen molar-refractivity contribution in [3.63, 3.8) is 0 Å². The predicted molar refractivity (Wildman–Crippen MR) is 60.2 cm³/mol. The van der Waals surface area contributed by atoms with Gasteiger partial charge >= 0.3 is 12.1 Å². The maximum Gasteiger partial charge on any atom is 0.466 e. The van der Waals surface area contributed by atoms with Crippen LogP contribution in [0.15, 0.2) is 0 Å². The molecule has 1 nitrogen and oxygen atoms in total. The van der Waals surface area contributed by atoms with Crippen molar-refractivity contribution in [2.45, 2.75) is 51.6 Å². The third-order valence-electron chi connectivity index (χ3n) is 2.29. The molecule has 0 saturated heterocycles. The summed E-state index contributed by atoms with van der Waals surface area (Å²) in [6.07, 6.45) is -2.51. The van der Waals surface area contributed by atoms with E-state index in [0.717, 1.165) is 31.6 Å². The first-order chi connectivity index (χ1) is 8.24. The van der Waals surface area contributed by atoms with Gasteiger partial charge in [-0.05, 0) is 12.8 Å². The van der Waals surface area contributed by atoms with Crippen LogP contribution in [0, 0.1) is 12.0 Å². The van der Waals surface area contributed by atoms with Crippen molar-refractivity contribution in [3.05, 3.63) is 0 Å². The van der Waals surface area contributed by atoms with Gasteiger partial charge in [-0.15, -0.1) is 0 Å². The highest BCUT2D eigenvalue weighted by Gasteiger charge is 2.56. The van der Waals surface area contributed by atoms with Crippen molar-refractivity contribution < 1.29 is 22.0 Å². The summed E-state index contributed by atoms with van der Waals surface area (Å²) in [5.41, 5.74) is 0. The van der Waals surface area contributed by atoms with Crippen molar-refractivity contribution in [2.75, 3.05) is 13.1 Å². The highest BCUT2D eigenvalue weighted by molar-refractivity contribution is 5.12. The molecule has 0 aromatic heterocycles. The van der Waals surface area contributed by atoms with E-state index in [0.29, 0.717) is 13.1 Å². The average Bonchev–Trinajstić information content (AvgIpc) is 2.26. The monoisotopic (exact) mass is 271 g/mol. The van der Waals surface area contributed by atoms with Gasteiger partial charge in [0.1, 0.15) is 0 Å². The molecule has 0 bridgehead atoms. The summed E-state index contributed by atoms with van der Waals surface area (Å²) in [4.78, 5) is 1.34. The molecule has 18 heavy (non-hydrogen) atoms. The topological polar surface area (TPSA) is 3.24 Å². The molecule has 0 heterocycles. The lowest BCUT2D eigenvalue weighted by atomic mass is 10.2. The normalized spacial score (nSPS) is 11.9. The molecular weight excluding hydrogens is 253 g/mol. The van der Waals surface area contributed by atoms with Gasteiger partial charge in [0.2, 0.25) is 0 Å². The van der Waals surface area contributed by atoms with Crippen LogP contribution in [0.2, 0.25) is 0 Å². The van der Waals surface area contributed by atoms with Crippen molar-refractivity contribution in [1.29, 1.82) is 0 Å². The standard InChI is InChI=1S/C12H18F5N/c1-3-5-8-18(9-6-4-2)10-7-11(13,14)12(15,16)17/h3-6,8-9H2,1-2H3. The summed E-state index contributed by atoms with van der Waals surface area (Å²) in [5.74, 6) is -3.91. The van der Waals surface area contributed by atoms with Crippen LogP contribution in [0.5, 0.6) is 0 Å². The van der Waals surface area contributed by atoms with Crippen LogP contribution in [0.4, 0.5) is 22.0 Å². The third-order valence-corrected chi connectivity index (χ3v) is 2.29. The molecule has 0 aromatic rings.